The number of esters is 1. The van der Waals surface area contributed by atoms with E-state index in [-0.39, 0.29) is 17.1 Å². The van der Waals surface area contributed by atoms with Crippen molar-refractivity contribution < 1.29 is 24.5 Å². The molecule has 0 unspecified atom stereocenters. The van der Waals surface area contributed by atoms with Gasteiger partial charge in [0.25, 0.3) is 0 Å². The third-order valence-electron chi connectivity index (χ3n) is 5.65. The Balaban J connectivity index is 1.80. The molecular formula is C28H20O5. The topological polar surface area (TPSA) is 76.0 Å². The Labute approximate surface area is 190 Å². The number of methoxy groups -OCH3 is 1. The number of benzene rings is 5. The number of hydrogen-bond acceptors (Lipinski definition) is 5. The van der Waals surface area contributed by atoms with Gasteiger partial charge >= 0.3 is 5.97 Å². The maximum atomic E-state index is 13.0. The molecule has 0 fully saturated rings. The number of ether oxygens (including phenoxy) is 2. The molecule has 0 bridgehead atoms. The number of carbonyl (C=O) groups excluding carboxylic acids is 1. The molecule has 0 heterocycles. The molecule has 0 atom stereocenters. The molecule has 0 radical (unpaired) electrons. The van der Waals surface area contributed by atoms with Gasteiger partial charge in [0, 0.05) is 11.1 Å². The highest BCUT2D eigenvalue weighted by atomic mass is 16.5. The van der Waals surface area contributed by atoms with Crippen LogP contribution in [-0.4, -0.2) is 23.3 Å². The van der Waals surface area contributed by atoms with Crippen LogP contribution in [0.2, 0.25) is 0 Å². The van der Waals surface area contributed by atoms with E-state index in [2.05, 4.69) is 0 Å². The third kappa shape index (κ3) is 3.59. The number of carbonyl (C=O) groups is 1. The van der Waals surface area contributed by atoms with Crippen molar-refractivity contribution >= 4 is 27.5 Å². The predicted molar refractivity (Wildman–Crippen MR) is 128 cm³/mol. The third-order valence-corrected chi connectivity index (χ3v) is 5.65. The number of aromatic hydroxyl groups is 2. The van der Waals surface area contributed by atoms with Crippen molar-refractivity contribution in [3.05, 3.63) is 96.6 Å². The largest absolute Gasteiger partial charge is 0.507 e. The van der Waals surface area contributed by atoms with Crippen LogP contribution in [-0.2, 0) is 0 Å². The van der Waals surface area contributed by atoms with E-state index in [4.69, 9.17) is 9.47 Å². The van der Waals surface area contributed by atoms with E-state index in [1.807, 2.05) is 42.5 Å². The van der Waals surface area contributed by atoms with Crippen molar-refractivity contribution in [1.82, 2.24) is 0 Å². The van der Waals surface area contributed by atoms with Crippen molar-refractivity contribution in [3.8, 4) is 34.1 Å². The van der Waals surface area contributed by atoms with Gasteiger partial charge in [-0.25, -0.2) is 4.79 Å². The lowest BCUT2D eigenvalue weighted by Gasteiger charge is -2.17. The van der Waals surface area contributed by atoms with E-state index in [1.165, 1.54) is 0 Å². The van der Waals surface area contributed by atoms with Crippen LogP contribution in [0.25, 0.3) is 32.7 Å². The molecule has 0 saturated heterocycles. The zero-order valence-corrected chi connectivity index (χ0v) is 17.8. The molecule has 0 aliphatic carbocycles. The van der Waals surface area contributed by atoms with Crippen molar-refractivity contribution in [2.75, 3.05) is 7.11 Å². The van der Waals surface area contributed by atoms with Crippen LogP contribution in [0.15, 0.2) is 91.0 Å². The zero-order chi connectivity index (χ0) is 22.9. The number of hydrogen-bond donors (Lipinski definition) is 2. The molecule has 33 heavy (non-hydrogen) atoms. The summed E-state index contributed by atoms with van der Waals surface area (Å²) >= 11 is 0. The van der Waals surface area contributed by atoms with Crippen LogP contribution in [0.3, 0.4) is 0 Å². The Morgan fingerprint density at radius 1 is 0.697 bits per heavy atom. The standard InChI is InChI=1S/C28H20O5/c1-32-20-13-11-17-12-14-24(29)25(22(17)16-20)26-21-10-6-5-7-18(21)15-23(27(26)30)28(31)33-19-8-3-2-4-9-19/h2-16,29-30H,1H3. The van der Waals surface area contributed by atoms with Gasteiger partial charge in [0.1, 0.15) is 28.6 Å². The molecule has 0 aromatic heterocycles. The van der Waals surface area contributed by atoms with Crippen molar-refractivity contribution in [2.24, 2.45) is 0 Å². The van der Waals surface area contributed by atoms with Crippen molar-refractivity contribution in [2.45, 2.75) is 0 Å². The van der Waals surface area contributed by atoms with Gasteiger partial charge in [-0.05, 0) is 57.9 Å². The second-order valence-electron chi connectivity index (χ2n) is 7.62. The van der Waals surface area contributed by atoms with E-state index in [9.17, 15) is 15.0 Å². The van der Waals surface area contributed by atoms with Crippen LogP contribution in [0, 0.1) is 0 Å². The summed E-state index contributed by atoms with van der Waals surface area (Å²) in [5, 5.41) is 25.2. The highest BCUT2D eigenvalue weighted by molar-refractivity contribution is 6.13. The lowest BCUT2D eigenvalue weighted by molar-refractivity contribution is 0.0732. The van der Waals surface area contributed by atoms with Gasteiger partial charge in [0.2, 0.25) is 0 Å². The quantitative estimate of drug-likeness (QED) is 0.255. The molecule has 0 aliphatic heterocycles. The van der Waals surface area contributed by atoms with Crippen LogP contribution < -0.4 is 9.47 Å². The Bertz CT molecular complexity index is 1510. The van der Waals surface area contributed by atoms with Crippen LogP contribution in [0.1, 0.15) is 10.4 Å². The number of phenols is 2. The Kier molecular flexibility index (Phi) is 5.07. The van der Waals surface area contributed by atoms with E-state index < -0.39 is 5.97 Å². The average Bonchev–Trinajstić information content (AvgIpc) is 2.84. The first-order valence-corrected chi connectivity index (χ1v) is 10.4. The lowest BCUT2D eigenvalue weighted by atomic mass is 9.90. The maximum Gasteiger partial charge on any atom is 0.347 e. The first-order chi connectivity index (χ1) is 16.1. The lowest BCUT2D eigenvalue weighted by Crippen LogP contribution is -2.09. The molecule has 5 aromatic rings. The minimum absolute atomic E-state index is 0.00634. The Hall–Kier alpha value is -4.51. The predicted octanol–water partition coefficient (Wildman–Crippen LogP) is 6.30. The average molecular weight is 436 g/mol. The van der Waals surface area contributed by atoms with Crippen LogP contribution >= 0.6 is 0 Å². The van der Waals surface area contributed by atoms with Crippen LogP contribution in [0.4, 0.5) is 0 Å². The van der Waals surface area contributed by atoms with E-state index >= 15 is 0 Å². The van der Waals surface area contributed by atoms with Gasteiger partial charge in [-0.3, -0.25) is 0 Å². The molecule has 2 N–H and O–H groups in total. The number of rotatable bonds is 4. The van der Waals surface area contributed by atoms with Gasteiger partial charge < -0.3 is 19.7 Å². The Morgan fingerprint density at radius 3 is 2.21 bits per heavy atom. The molecule has 0 spiro atoms. The van der Waals surface area contributed by atoms with E-state index in [0.29, 0.717) is 33.4 Å². The van der Waals surface area contributed by atoms with Crippen molar-refractivity contribution in [1.29, 1.82) is 0 Å². The zero-order valence-electron chi connectivity index (χ0n) is 17.8. The van der Waals surface area contributed by atoms with Crippen molar-refractivity contribution in [3.63, 3.8) is 0 Å². The molecule has 0 aliphatic rings. The summed E-state index contributed by atoms with van der Waals surface area (Å²) in [6, 6.07) is 26.5. The van der Waals surface area contributed by atoms with Gasteiger partial charge in [-0.2, -0.15) is 0 Å². The summed E-state index contributed by atoms with van der Waals surface area (Å²) in [4.78, 5) is 13.0. The fourth-order valence-corrected chi connectivity index (χ4v) is 4.07. The summed E-state index contributed by atoms with van der Waals surface area (Å²) in [5.41, 5.74) is 0.769. The number of para-hydroxylation sites is 1. The van der Waals surface area contributed by atoms with Gasteiger partial charge in [0.05, 0.1) is 7.11 Å². The molecule has 5 nitrogen and oxygen atoms in total. The molecular weight excluding hydrogens is 416 g/mol. The van der Waals surface area contributed by atoms with Gasteiger partial charge in [-0.15, -0.1) is 0 Å². The SMILES string of the molecule is COc1ccc2ccc(O)c(-c3c(O)c(C(=O)Oc4ccccc4)cc4ccccc34)c2c1. The first-order valence-electron chi connectivity index (χ1n) is 10.4. The number of fused-ring (bicyclic) bond motifs is 2. The highest BCUT2D eigenvalue weighted by Gasteiger charge is 2.24. The summed E-state index contributed by atoms with van der Waals surface area (Å²) in [6.07, 6.45) is 0. The molecule has 5 rings (SSSR count). The highest BCUT2D eigenvalue weighted by Crippen LogP contribution is 2.46. The number of phenolic OH excluding ortho intramolecular Hbond substituents is 2. The molecule has 162 valence electrons. The fraction of sp³-hybridized carbons (Fsp3) is 0.0357. The summed E-state index contributed by atoms with van der Waals surface area (Å²) in [5.74, 6) is 0.000171. The van der Waals surface area contributed by atoms with Crippen LogP contribution in [0.5, 0.6) is 23.0 Å². The van der Waals surface area contributed by atoms with E-state index in [1.54, 1.807) is 55.6 Å². The molecule has 5 aromatic carbocycles. The van der Waals surface area contributed by atoms with Gasteiger partial charge in [0.15, 0.2) is 0 Å². The summed E-state index contributed by atoms with van der Waals surface area (Å²) in [6.45, 7) is 0. The second-order valence-corrected chi connectivity index (χ2v) is 7.62. The van der Waals surface area contributed by atoms with E-state index in [0.717, 1.165) is 10.8 Å². The van der Waals surface area contributed by atoms with Gasteiger partial charge in [-0.1, -0.05) is 54.6 Å². The minimum Gasteiger partial charge on any atom is -0.507 e. The molecule has 0 amide bonds. The molecule has 0 saturated carbocycles. The minimum atomic E-state index is -0.692. The summed E-state index contributed by atoms with van der Waals surface area (Å²) in [7, 11) is 1.57. The summed E-state index contributed by atoms with van der Waals surface area (Å²) < 4.78 is 10.9. The fourth-order valence-electron chi connectivity index (χ4n) is 4.07. The smallest absolute Gasteiger partial charge is 0.347 e. The first kappa shape index (κ1) is 20.4. The molecule has 5 heteroatoms. The normalized spacial score (nSPS) is 10.9. The second kappa shape index (κ2) is 8.20. The monoisotopic (exact) mass is 436 g/mol. The maximum absolute atomic E-state index is 13.0. The Morgan fingerprint density at radius 2 is 1.42 bits per heavy atom.